The van der Waals surface area contributed by atoms with Gasteiger partial charge in [-0.05, 0) is 64.1 Å². The van der Waals surface area contributed by atoms with Gasteiger partial charge in [-0.2, -0.15) is 4.31 Å². The summed E-state index contributed by atoms with van der Waals surface area (Å²) in [5.74, 6) is -1.18. The number of ether oxygens (including phenoxy) is 2. The maximum atomic E-state index is 13.2. The molecule has 0 amide bonds. The van der Waals surface area contributed by atoms with E-state index in [2.05, 4.69) is 9.71 Å². The molecular weight excluding hydrogens is 542 g/mol. The van der Waals surface area contributed by atoms with Crippen LogP contribution in [0.1, 0.15) is 32.0 Å². The lowest BCUT2D eigenvalue weighted by Crippen LogP contribution is -2.44. The molecule has 10 nitrogen and oxygen atoms in total. The SMILES string of the molecule is Cc1cc(COc2ccc(S(=O)(=O)NC3CN(S(C)(=O)=O)CC3C(=O)OC(C)(C)C)cc2)c2ccccc2n1. The van der Waals surface area contributed by atoms with Gasteiger partial charge < -0.3 is 9.47 Å². The Balaban J connectivity index is 1.48. The molecular formula is C27H33N3O7S2. The van der Waals surface area contributed by atoms with Gasteiger partial charge in [0, 0.05) is 29.7 Å². The molecule has 1 fully saturated rings. The van der Waals surface area contributed by atoms with Gasteiger partial charge in [0.25, 0.3) is 0 Å². The number of esters is 1. The molecule has 39 heavy (non-hydrogen) atoms. The summed E-state index contributed by atoms with van der Waals surface area (Å²) in [5, 5.41) is 0.978. The number of nitrogens with zero attached hydrogens (tertiary/aromatic N) is 2. The van der Waals surface area contributed by atoms with Crippen LogP contribution in [0.15, 0.2) is 59.5 Å². The first kappa shape index (κ1) is 28.9. The van der Waals surface area contributed by atoms with Gasteiger partial charge in [0.15, 0.2) is 0 Å². The van der Waals surface area contributed by atoms with Crippen molar-refractivity contribution in [2.24, 2.45) is 5.92 Å². The average molecular weight is 576 g/mol. The molecule has 0 aliphatic carbocycles. The summed E-state index contributed by atoms with van der Waals surface area (Å²) in [6, 6.07) is 14.6. The predicted octanol–water partition coefficient (Wildman–Crippen LogP) is 3.00. The molecule has 3 aromatic rings. The van der Waals surface area contributed by atoms with E-state index in [9.17, 15) is 21.6 Å². The molecule has 1 saturated heterocycles. The van der Waals surface area contributed by atoms with Gasteiger partial charge in [-0.25, -0.2) is 21.6 Å². The number of nitrogens with one attached hydrogen (secondary N) is 1. The van der Waals surface area contributed by atoms with E-state index in [1.54, 1.807) is 32.9 Å². The Kier molecular flexibility index (Phi) is 8.04. The number of hydrogen-bond acceptors (Lipinski definition) is 8. The van der Waals surface area contributed by atoms with Crippen molar-refractivity contribution >= 4 is 36.9 Å². The van der Waals surface area contributed by atoms with Crippen LogP contribution in [0, 0.1) is 12.8 Å². The van der Waals surface area contributed by atoms with Crippen molar-refractivity contribution in [1.82, 2.24) is 14.0 Å². The van der Waals surface area contributed by atoms with E-state index in [1.807, 2.05) is 37.3 Å². The van der Waals surface area contributed by atoms with Gasteiger partial charge in [0.1, 0.15) is 18.0 Å². The second-order valence-corrected chi connectivity index (χ2v) is 14.3. The second-order valence-electron chi connectivity index (χ2n) is 10.6. The molecule has 210 valence electrons. The normalized spacial score (nSPS) is 18.8. The lowest BCUT2D eigenvalue weighted by atomic mass is 10.0. The smallest absolute Gasteiger partial charge is 0.312 e. The summed E-state index contributed by atoms with van der Waals surface area (Å²) < 4.78 is 65.6. The second kappa shape index (κ2) is 10.8. The molecule has 0 bridgehead atoms. The maximum absolute atomic E-state index is 13.2. The molecule has 4 rings (SSSR count). The zero-order valence-corrected chi connectivity index (χ0v) is 24.2. The molecule has 0 saturated carbocycles. The topological polar surface area (TPSA) is 132 Å². The number of fused-ring (bicyclic) bond motifs is 1. The van der Waals surface area contributed by atoms with E-state index in [4.69, 9.17) is 9.47 Å². The van der Waals surface area contributed by atoms with Gasteiger partial charge >= 0.3 is 5.97 Å². The predicted molar refractivity (Wildman–Crippen MR) is 147 cm³/mol. The van der Waals surface area contributed by atoms with Crippen LogP contribution in [-0.2, 0) is 36.2 Å². The van der Waals surface area contributed by atoms with Crippen LogP contribution in [0.3, 0.4) is 0 Å². The molecule has 1 aliphatic heterocycles. The third kappa shape index (κ3) is 7.13. The standard InChI is InChI=1S/C27H33N3O7S2/c1-18-14-19(22-8-6-7-9-24(22)28-18)17-36-20-10-12-21(13-11-20)39(34,35)29-25-16-30(38(5,32)33)15-23(25)26(31)37-27(2,3)4/h6-14,23,25,29H,15-17H2,1-5H3. The molecule has 2 aromatic carbocycles. The first-order valence-corrected chi connectivity index (χ1v) is 15.7. The number of pyridine rings is 1. The third-order valence-corrected chi connectivity index (χ3v) is 8.97. The molecule has 2 unspecified atom stereocenters. The Bertz CT molecular complexity index is 1580. The highest BCUT2D eigenvalue weighted by Crippen LogP contribution is 2.26. The van der Waals surface area contributed by atoms with E-state index >= 15 is 0 Å². The lowest BCUT2D eigenvalue weighted by molar-refractivity contribution is -0.159. The van der Waals surface area contributed by atoms with E-state index in [-0.39, 0.29) is 24.6 Å². The van der Waals surface area contributed by atoms with Gasteiger partial charge in [0.05, 0.1) is 28.6 Å². The van der Waals surface area contributed by atoms with Crippen LogP contribution < -0.4 is 9.46 Å². The Morgan fingerprint density at radius 1 is 1.05 bits per heavy atom. The Morgan fingerprint density at radius 3 is 2.36 bits per heavy atom. The van der Waals surface area contributed by atoms with Gasteiger partial charge in [0.2, 0.25) is 20.0 Å². The van der Waals surface area contributed by atoms with E-state index in [1.165, 1.54) is 12.1 Å². The Labute approximate surface area is 229 Å². The summed E-state index contributed by atoms with van der Waals surface area (Å²) in [4.78, 5) is 17.3. The molecule has 0 spiro atoms. The molecule has 2 atom stereocenters. The molecule has 1 N–H and O–H groups in total. The van der Waals surface area contributed by atoms with Crippen LogP contribution in [0.4, 0.5) is 0 Å². The molecule has 2 heterocycles. The molecule has 1 aliphatic rings. The van der Waals surface area contributed by atoms with Crippen molar-refractivity contribution < 1.29 is 31.1 Å². The molecule has 0 radical (unpaired) electrons. The number of hydrogen-bond donors (Lipinski definition) is 1. The summed E-state index contributed by atoms with van der Waals surface area (Å²) in [6.45, 7) is 6.91. The highest BCUT2D eigenvalue weighted by atomic mass is 32.2. The lowest BCUT2D eigenvalue weighted by Gasteiger charge is -2.24. The van der Waals surface area contributed by atoms with Crippen molar-refractivity contribution in [3.05, 3.63) is 65.9 Å². The molecule has 1 aromatic heterocycles. The fraction of sp³-hybridized carbons (Fsp3) is 0.407. The fourth-order valence-electron chi connectivity index (χ4n) is 4.43. The number of benzene rings is 2. The van der Waals surface area contributed by atoms with Crippen LogP contribution in [0.2, 0.25) is 0 Å². The van der Waals surface area contributed by atoms with E-state index in [0.717, 1.165) is 32.7 Å². The number of aryl methyl sites for hydroxylation is 1. The van der Waals surface area contributed by atoms with Crippen molar-refractivity contribution in [1.29, 1.82) is 0 Å². The van der Waals surface area contributed by atoms with Crippen molar-refractivity contribution in [2.75, 3.05) is 19.3 Å². The highest BCUT2D eigenvalue weighted by Gasteiger charge is 2.44. The number of carbonyl (C=O) groups is 1. The monoisotopic (exact) mass is 575 g/mol. The quantitative estimate of drug-likeness (QED) is 0.406. The number of rotatable bonds is 8. The average Bonchev–Trinajstić information content (AvgIpc) is 3.25. The number of sulfonamides is 2. The van der Waals surface area contributed by atoms with Gasteiger partial charge in [-0.1, -0.05) is 18.2 Å². The van der Waals surface area contributed by atoms with Gasteiger partial charge in [-0.3, -0.25) is 9.78 Å². The summed E-state index contributed by atoms with van der Waals surface area (Å²) >= 11 is 0. The minimum Gasteiger partial charge on any atom is -0.489 e. The van der Waals surface area contributed by atoms with E-state index in [0.29, 0.717) is 5.75 Å². The van der Waals surface area contributed by atoms with Crippen molar-refractivity contribution in [2.45, 2.75) is 50.8 Å². The highest BCUT2D eigenvalue weighted by molar-refractivity contribution is 7.89. The van der Waals surface area contributed by atoms with E-state index < -0.39 is 43.6 Å². The molecule has 12 heteroatoms. The zero-order chi connectivity index (χ0) is 28.6. The summed E-state index contributed by atoms with van der Waals surface area (Å²) in [7, 11) is -7.73. The third-order valence-electron chi connectivity index (χ3n) is 6.23. The summed E-state index contributed by atoms with van der Waals surface area (Å²) in [6.07, 6.45) is 1.02. The van der Waals surface area contributed by atoms with Crippen LogP contribution >= 0.6 is 0 Å². The van der Waals surface area contributed by atoms with Crippen molar-refractivity contribution in [3.63, 3.8) is 0 Å². The van der Waals surface area contributed by atoms with Crippen LogP contribution in [0.25, 0.3) is 10.9 Å². The first-order valence-electron chi connectivity index (χ1n) is 12.4. The summed E-state index contributed by atoms with van der Waals surface area (Å²) in [5.41, 5.74) is 1.89. The maximum Gasteiger partial charge on any atom is 0.312 e. The number of para-hydroxylation sites is 1. The van der Waals surface area contributed by atoms with Crippen LogP contribution in [-0.4, -0.2) is 63.1 Å². The number of carbonyl (C=O) groups excluding carboxylic acids is 1. The Hall–Kier alpha value is -3.06. The zero-order valence-electron chi connectivity index (χ0n) is 22.5. The fourth-order valence-corrected chi connectivity index (χ4v) is 6.56. The van der Waals surface area contributed by atoms with Crippen LogP contribution in [0.5, 0.6) is 5.75 Å². The minimum atomic E-state index is -4.08. The first-order chi connectivity index (χ1) is 18.1. The van der Waals surface area contributed by atoms with Gasteiger partial charge in [-0.15, -0.1) is 0 Å². The Morgan fingerprint density at radius 2 is 1.72 bits per heavy atom. The largest absolute Gasteiger partial charge is 0.489 e. The minimum absolute atomic E-state index is 0.0409. The number of aromatic nitrogens is 1. The van der Waals surface area contributed by atoms with Crippen molar-refractivity contribution in [3.8, 4) is 5.75 Å².